The van der Waals surface area contributed by atoms with Crippen molar-refractivity contribution in [2.24, 2.45) is 5.10 Å². The van der Waals surface area contributed by atoms with Crippen LogP contribution in [-0.4, -0.2) is 26.2 Å². The molecule has 0 amide bonds. The summed E-state index contributed by atoms with van der Waals surface area (Å²) in [6, 6.07) is 23.1. The maximum Gasteiger partial charge on any atom is 0.244 e. The van der Waals surface area contributed by atoms with Crippen molar-refractivity contribution in [1.82, 2.24) is 19.9 Å². The molecule has 0 saturated heterocycles. The van der Waals surface area contributed by atoms with Crippen LogP contribution in [0.3, 0.4) is 0 Å². The Morgan fingerprint density at radius 1 is 0.767 bits per heavy atom. The number of aromatic nitrogens is 4. The summed E-state index contributed by atoms with van der Waals surface area (Å²) in [6.07, 6.45) is 3.27. The van der Waals surface area contributed by atoms with Gasteiger partial charge in [-0.05, 0) is 30.3 Å². The van der Waals surface area contributed by atoms with Crippen molar-refractivity contribution < 1.29 is 0 Å². The lowest BCUT2D eigenvalue weighted by molar-refractivity contribution is 1.15. The highest BCUT2D eigenvalue weighted by molar-refractivity contribution is 6.30. The molecule has 7 heteroatoms. The maximum absolute atomic E-state index is 6.04. The van der Waals surface area contributed by atoms with Crippen LogP contribution in [0.15, 0.2) is 84.1 Å². The van der Waals surface area contributed by atoms with E-state index < -0.39 is 0 Å². The second-order valence-electron chi connectivity index (χ2n) is 6.57. The molecule has 0 unspecified atom stereocenters. The first-order chi connectivity index (χ1) is 14.8. The molecule has 3 aromatic carbocycles. The first kappa shape index (κ1) is 18.1. The second-order valence-corrected chi connectivity index (χ2v) is 7.01. The summed E-state index contributed by atoms with van der Waals surface area (Å²) in [5.41, 5.74) is 7.78. The van der Waals surface area contributed by atoms with Crippen molar-refractivity contribution in [2.75, 3.05) is 5.43 Å². The van der Waals surface area contributed by atoms with E-state index in [1.807, 2.05) is 72.8 Å². The van der Waals surface area contributed by atoms with Gasteiger partial charge in [0.25, 0.3) is 0 Å². The van der Waals surface area contributed by atoms with Crippen molar-refractivity contribution in [3.05, 3.63) is 89.7 Å². The fourth-order valence-electron chi connectivity index (χ4n) is 3.14. The van der Waals surface area contributed by atoms with Crippen LogP contribution in [0.1, 0.15) is 5.69 Å². The van der Waals surface area contributed by atoms with Gasteiger partial charge >= 0.3 is 0 Å². The Labute approximate surface area is 177 Å². The Hall–Kier alpha value is -3.90. The fraction of sp³-hybridized carbons (Fsp3) is 0. The summed E-state index contributed by atoms with van der Waals surface area (Å²) in [7, 11) is 0. The molecule has 0 atom stereocenters. The highest BCUT2D eigenvalue weighted by Crippen LogP contribution is 2.28. The second kappa shape index (κ2) is 7.85. The Kier molecular flexibility index (Phi) is 4.75. The molecular formula is C23H15ClN6. The van der Waals surface area contributed by atoms with Crippen LogP contribution in [0.2, 0.25) is 5.02 Å². The van der Waals surface area contributed by atoms with Gasteiger partial charge in [-0.3, -0.25) is 4.98 Å². The fourth-order valence-corrected chi connectivity index (χ4v) is 3.27. The Balaban J connectivity index is 1.48. The van der Waals surface area contributed by atoms with Gasteiger partial charge in [0.2, 0.25) is 5.95 Å². The monoisotopic (exact) mass is 410 g/mol. The predicted octanol–water partition coefficient (Wildman–Crippen LogP) is 5.34. The first-order valence-electron chi connectivity index (χ1n) is 9.30. The van der Waals surface area contributed by atoms with Gasteiger partial charge in [-0.15, -0.1) is 0 Å². The van der Waals surface area contributed by atoms with E-state index in [4.69, 9.17) is 11.6 Å². The third kappa shape index (κ3) is 3.68. The van der Waals surface area contributed by atoms with Crippen LogP contribution in [-0.2, 0) is 0 Å². The van der Waals surface area contributed by atoms with E-state index in [9.17, 15) is 0 Å². The van der Waals surface area contributed by atoms with Crippen molar-refractivity contribution in [3.63, 3.8) is 0 Å². The minimum atomic E-state index is 0.392. The number of para-hydroxylation sites is 3. The van der Waals surface area contributed by atoms with E-state index in [1.54, 1.807) is 12.4 Å². The van der Waals surface area contributed by atoms with Gasteiger partial charge in [0.05, 0.1) is 34.7 Å². The molecule has 5 aromatic rings. The largest absolute Gasteiger partial charge is 0.252 e. The van der Waals surface area contributed by atoms with Gasteiger partial charge in [-0.2, -0.15) is 5.10 Å². The van der Waals surface area contributed by atoms with Crippen molar-refractivity contribution in [1.29, 1.82) is 0 Å². The van der Waals surface area contributed by atoms with Gasteiger partial charge in [0.1, 0.15) is 5.69 Å². The molecule has 0 bridgehead atoms. The molecule has 0 radical (unpaired) electrons. The molecule has 0 spiro atoms. The molecule has 6 nitrogen and oxygen atoms in total. The molecule has 1 N–H and O–H groups in total. The number of anilines is 1. The summed E-state index contributed by atoms with van der Waals surface area (Å²) in [5, 5.41) is 5.88. The maximum atomic E-state index is 6.04. The molecule has 2 heterocycles. The summed E-state index contributed by atoms with van der Waals surface area (Å²) < 4.78 is 0. The summed E-state index contributed by atoms with van der Waals surface area (Å²) in [4.78, 5) is 18.1. The summed E-state index contributed by atoms with van der Waals surface area (Å²) >= 11 is 6.04. The summed E-state index contributed by atoms with van der Waals surface area (Å²) in [5.74, 6) is 0.392. The number of nitrogens with zero attached hydrogens (tertiary/aromatic N) is 5. The van der Waals surface area contributed by atoms with Crippen LogP contribution < -0.4 is 5.43 Å². The Morgan fingerprint density at radius 3 is 2.33 bits per heavy atom. The minimum absolute atomic E-state index is 0.392. The lowest BCUT2D eigenvalue weighted by atomic mass is 10.1. The zero-order chi connectivity index (χ0) is 20.3. The smallest absolute Gasteiger partial charge is 0.244 e. The van der Waals surface area contributed by atoms with Crippen LogP contribution in [0, 0.1) is 0 Å². The van der Waals surface area contributed by atoms with Crippen molar-refractivity contribution in [3.8, 4) is 11.3 Å². The normalized spacial score (nSPS) is 11.4. The molecular weight excluding hydrogens is 396 g/mol. The van der Waals surface area contributed by atoms with Gasteiger partial charge in [-0.1, -0.05) is 54.1 Å². The molecule has 5 rings (SSSR count). The number of fused-ring (bicyclic) bond motifs is 2. The SMILES string of the molecule is Clc1ccc(-c2nc(N/N=C/c3cnc4ccccc4n3)nc3ccccc23)cc1. The van der Waals surface area contributed by atoms with E-state index in [1.165, 1.54) is 0 Å². The topological polar surface area (TPSA) is 76.0 Å². The number of rotatable bonds is 4. The molecule has 0 saturated carbocycles. The molecule has 30 heavy (non-hydrogen) atoms. The molecule has 0 aliphatic heterocycles. The van der Waals surface area contributed by atoms with Crippen LogP contribution in [0.5, 0.6) is 0 Å². The van der Waals surface area contributed by atoms with Gasteiger partial charge in [0.15, 0.2) is 0 Å². The molecule has 144 valence electrons. The number of nitrogens with one attached hydrogen (secondary N) is 1. The Bertz CT molecular complexity index is 1380. The molecule has 0 aliphatic rings. The van der Waals surface area contributed by atoms with Crippen LogP contribution in [0.4, 0.5) is 5.95 Å². The van der Waals surface area contributed by atoms with E-state index in [0.717, 1.165) is 33.2 Å². The highest BCUT2D eigenvalue weighted by Gasteiger charge is 2.09. The average Bonchev–Trinajstić information content (AvgIpc) is 2.79. The van der Waals surface area contributed by atoms with Crippen LogP contribution >= 0.6 is 11.6 Å². The molecule has 2 aromatic heterocycles. The Morgan fingerprint density at radius 2 is 1.50 bits per heavy atom. The van der Waals surface area contributed by atoms with Gasteiger partial charge < -0.3 is 0 Å². The first-order valence-corrected chi connectivity index (χ1v) is 9.68. The number of benzene rings is 3. The highest BCUT2D eigenvalue weighted by atomic mass is 35.5. The lowest BCUT2D eigenvalue weighted by Crippen LogP contribution is -2.00. The number of halogens is 1. The predicted molar refractivity (Wildman–Crippen MR) is 121 cm³/mol. The number of hydrogen-bond acceptors (Lipinski definition) is 6. The zero-order valence-electron chi connectivity index (χ0n) is 15.7. The zero-order valence-corrected chi connectivity index (χ0v) is 16.5. The lowest BCUT2D eigenvalue weighted by Gasteiger charge is -2.08. The third-order valence-corrected chi connectivity index (χ3v) is 4.80. The van der Waals surface area contributed by atoms with Crippen LogP contribution in [0.25, 0.3) is 33.2 Å². The average molecular weight is 411 g/mol. The van der Waals surface area contributed by atoms with E-state index in [0.29, 0.717) is 16.7 Å². The van der Waals surface area contributed by atoms with E-state index >= 15 is 0 Å². The van der Waals surface area contributed by atoms with Gasteiger partial charge in [0, 0.05) is 16.0 Å². The molecule has 0 aliphatic carbocycles. The third-order valence-electron chi connectivity index (χ3n) is 4.55. The quantitative estimate of drug-likeness (QED) is 0.319. The minimum Gasteiger partial charge on any atom is -0.252 e. The number of hydrogen-bond donors (Lipinski definition) is 1. The van der Waals surface area contributed by atoms with Crippen molar-refractivity contribution in [2.45, 2.75) is 0 Å². The van der Waals surface area contributed by atoms with E-state index in [-0.39, 0.29) is 0 Å². The molecule has 0 fully saturated rings. The standard InChI is InChI=1S/C23H15ClN6/c24-16-11-9-15(10-12-16)22-18-5-1-2-6-19(18)28-23(29-22)30-26-14-17-13-25-20-7-3-4-8-21(20)27-17/h1-14H,(H,28,29,30)/b26-14+. The van der Waals surface area contributed by atoms with Gasteiger partial charge in [-0.25, -0.2) is 20.4 Å². The van der Waals surface area contributed by atoms with Crippen molar-refractivity contribution >= 4 is 45.7 Å². The van der Waals surface area contributed by atoms with E-state index in [2.05, 4.69) is 30.5 Å². The number of hydrazone groups is 1. The summed E-state index contributed by atoms with van der Waals surface area (Å²) in [6.45, 7) is 0.